The van der Waals surface area contributed by atoms with E-state index in [4.69, 9.17) is 18.9 Å². The predicted molar refractivity (Wildman–Crippen MR) is 178 cm³/mol. The maximum Gasteiger partial charge on any atom is 0.118 e. The maximum absolute atomic E-state index is 5.52. The predicted octanol–water partition coefficient (Wildman–Crippen LogP) is 7.03. The summed E-state index contributed by atoms with van der Waals surface area (Å²) in [5.41, 5.74) is 1.59. The molecule has 0 aliphatic heterocycles. The van der Waals surface area contributed by atoms with E-state index in [1.54, 1.807) is 28.4 Å². The van der Waals surface area contributed by atoms with Crippen molar-refractivity contribution in [1.29, 1.82) is 0 Å². The first-order valence-electron chi connectivity index (χ1n) is 13.8. The fourth-order valence-electron chi connectivity index (χ4n) is 5.06. The minimum atomic E-state index is -0.802. The van der Waals surface area contributed by atoms with Gasteiger partial charge in [-0.1, -0.05) is 78.9 Å². The first-order valence-corrected chi connectivity index (χ1v) is 16.7. The second-order valence-corrected chi connectivity index (χ2v) is 14.3. The molecule has 0 amide bonds. The zero-order valence-corrected chi connectivity index (χ0v) is 26.2. The SMILES string of the molecule is COc1ccc(P(CC(c2ccccc2)P(c2ccc(OC)cc2)c2ccc(OC)cc2)c2ccc(OC)cc2)cc1. The van der Waals surface area contributed by atoms with Crippen LogP contribution in [0.5, 0.6) is 23.0 Å². The maximum atomic E-state index is 5.52. The van der Waals surface area contributed by atoms with Gasteiger partial charge in [-0.3, -0.25) is 0 Å². The molecule has 42 heavy (non-hydrogen) atoms. The average molecular weight is 595 g/mol. The summed E-state index contributed by atoms with van der Waals surface area (Å²) in [6.07, 6.45) is 0.974. The van der Waals surface area contributed by atoms with Gasteiger partial charge in [0.2, 0.25) is 0 Å². The van der Waals surface area contributed by atoms with Crippen LogP contribution in [-0.2, 0) is 0 Å². The van der Waals surface area contributed by atoms with Crippen molar-refractivity contribution in [3.8, 4) is 23.0 Å². The lowest BCUT2D eigenvalue weighted by atomic mass is 10.2. The van der Waals surface area contributed by atoms with Crippen molar-refractivity contribution in [1.82, 2.24) is 0 Å². The zero-order valence-electron chi connectivity index (χ0n) is 24.4. The van der Waals surface area contributed by atoms with Gasteiger partial charge in [0.1, 0.15) is 23.0 Å². The minimum absolute atomic E-state index is 0.248. The highest BCUT2D eigenvalue weighted by molar-refractivity contribution is 7.76. The molecule has 0 fully saturated rings. The van der Waals surface area contributed by atoms with Crippen molar-refractivity contribution in [2.75, 3.05) is 34.6 Å². The van der Waals surface area contributed by atoms with Crippen LogP contribution in [0.15, 0.2) is 127 Å². The number of hydrogen-bond acceptors (Lipinski definition) is 4. The average Bonchev–Trinajstić information content (AvgIpc) is 3.07. The molecule has 4 nitrogen and oxygen atoms in total. The van der Waals surface area contributed by atoms with E-state index in [-0.39, 0.29) is 5.66 Å². The third-order valence-electron chi connectivity index (χ3n) is 7.32. The Morgan fingerprint density at radius 2 is 0.762 bits per heavy atom. The van der Waals surface area contributed by atoms with Crippen molar-refractivity contribution in [3.63, 3.8) is 0 Å². The van der Waals surface area contributed by atoms with Gasteiger partial charge in [-0.15, -0.1) is 0 Å². The van der Waals surface area contributed by atoms with Gasteiger partial charge >= 0.3 is 0 Å². The molecular formula is C36H36O4P2. The van der Waals surface area contributed by atoms with Crippen molar-refractivity contribution >= 4 is 37.1 Å². The van der Waals surface area contributed by atoms with E-state index < -0.39 is 15.8 Å². The van der Waals surface area contributed by atoms with Crippen LogP contribution in [0.2, 0.25) is 0 Å². The van der Waals surface area contributed by atoms with E-state index in [1.807, 2.05) is 0 Å². The number of benzene rings is 5. The summed E-state index contributed by atoms with van der Waals surface area (Å²) in [6, 6.07) is 45.4. The third-order valence-corrected chi connectivity index (χ3v) is 13.0. The number of methoxy groups -OCH3 is 4. The van der Waals surface area contributed by atoms with Crippen molar-refractivity contribution in [2.24, 2.45) is 0 Å². The van der Waals surface area contributed by atoms with Crippen LogP contribution < -0.4 is 40.2 Å². The Morgan fingerprint density at radius 3 is 1.10 bits per heavy atom. The first-order chi connectivity index (χ1) is 20.6. The molecule has 5 aromatic rings. The summed E-state index contributed by atoms with van der Waals surface area (Å²) < 4.78 is 22.0. The Kier molecular flexibility index (Phi) is 10.1. The van der Waals surface area contributed by atoms with Crippen LogP contribution in [0.3, 0.4) is 0 Å². The Balaban J connectivity index is 1.66. The highest BCUT2D eigenvalue weighted by Gasteiger charge is 2.30. The molecule has 6 heteroatoms. The van der Waals surface area contributed by atoms with Crippen LogP contribution in [0.4, 0.5) is 0 Å². The fraction of sp³-hybridized carbons (Fsp3) is 0.167. The van der Waals surface area contributed by atoms with E-state index in [0.717, 1.165) is 29.2 Å². The molecule has 0 aliphatic rings. The molecule has 0 N–H and O–H groups in total. The molecule has 0 bridgehead atoms. The molecule has 0 saturated heterocycles. The monoisotopic (exact) mass is 594 g/mol. The molecular weight excluding hydrogens is 558 g/mol. The molecule has 1 unspecified atom stereocenters. The Bertz CT molecular complexity index is 1430. The van der Waals surface area contributed by atoms with Crippen LogP contribution in [0, 0.1) is 0 Å². The summed E-state index contributed by atoms with van der Waals surface area (Å²) in [6.45, 7) is 0. The summed E-state index contributed by atoms with van der Waals surface area (Å²) in [4.78, 5) is 0. The topological polar surface area (TPSA) is 36.9 Å². The number of ether oxygens (including phenoxy) is 4. The molecule has 0 spiro atoms. The summed E-state index contributed by atoms with van der Waals surface area (Å²) in [7, 11) is 5.32. The van der Waals surface area contributed by atoms with Gasteiger partial charge in [0, 0.05) is 5.66 Å². The van der Waals surface area contributed by atoms with Gasteiger partial charge in [0.05, 0.1) is 28.4 Å². The van der Waals surface area contributed by atoms with Gasteiger partial charge < -0.3 is 18.9 Å². The molecule has 5 aromatic carbocycles. The van der Waals surface area contributed by atoms with Crippen molar-refractivity contribution < 1.29 is 18.9 Å². The summed E-state index contributed by atoms with van der Waals surface area (Å²) in [5.74, 6) is 3.44. The van der Waals surface area contributed by atoms with Crippen LogP contribution in [0.1, 0.15) is 11.2 Å². The van der Waals surface area contributed by atoms with Gasteiger partial charge in [0.15, 0.2) is 0 Å². The first kappa shape index (κ1) is 29.6. The summed E-state index contributed by atoms with van der Waals surface area (Å²) >= 11 is 0. The second kappa shape index (κ2) is 14.4. The van der Waals surface area contributed by atoms with Crippen LogP contribution >= 0.6 is 15.8 Å². The van der Waals surface area contributed by atoms with Gasteiger partial charge in [-0.25, -0.2) is 0 Å². The van der Waals surface area contributed by atoms with Gasteiger partial charge in [-0.05, 0) is 97.3 Å². The lowest BCUT2D eigenvalue weighted by Crippen LogP contribution is -2.23. The lowest BCUT2D eigenvalue weighted by molar-refractivity contribution is 0.415. The van der Waals surface area contributed by atoms with Crippen LogP contribution in [-0.4, -0.2) is 34.6 Å². The van der Waals surface area contributed by atoms with E-state index in [0.29, 0.717) is 0 Å². The minimum Gasteiger partial charge on any atom is -0.497 e. The van der Waals surface area contributed by atoms with Crippen molar-refractivity contribution in [3.05, 3.63) is 133 Å². The lowest BCUT2D eigenvalue weighted by Gasteiger charge is -2.33. The molecule has 0 radical (unpaired) electrons. The zero-order chi connectivity index (χ0) is 29.3. The van der Waals surface area contributed by atoms with E-state index >= 15 is 0 Å². The Hall–Kier alpha value is -3.84. The molecule has 0 aliphatic carbocycles. The number of hydrogen-bond donors (Lipinski definition) is 0. The van der Waals surface area contributed by atoms with Gasteiger partial charge in [-0.2, -0.15) is 0 Å². The molecule has 0 saturated carbocycles. The van der Waals surface area contributed by atoms with Crippen LogP contribution in [0.25, 0.3) is 0 Å². The smallest absolute Gasteiger partial charge is 0.118 e. The molecule has 0 heterocycles. The van der Waals surface area contributed by atoms with E-state index in [2.05, 4.69) is 127 Å². The van der Waals surface area contributed by atoms with E-state index in [1.165, 1.54) is 26.8 Å². The largest absolute Gasteiger partial charge is 0.497 e. The Morgan fingerprint density at radius 1 is 0.429 bits per heavy atom. The molecule has 5 rings (SSSR count). The van der Waals surface area contributed by atoms with E-state index in [9.17, 15) is 0 Å². The molecule has 0 aromatic heterocycles. The number of rotatable bonds is 12. The third kappa shape index (κ3) is 6.96. The molecule has 214 valence electrons. The van der Waals surface area contributed by atoms with Gasteiger partial charge in [0.25, 0.3) is 0 Å². The highest BCUT2D eigenvalue weighted by atomic mass is 31.1. The molecule has 1 atom stereocenters. The normalized spacial score (nSPS) is 11.8. The standard InChI is InChI=1S/C36H36O4P2/c1-37-28-10-18-32(19-11-28)41(33-20-12-29(38-2)13-21-33)26-36(27-8-6-5-7-9-27)42(34-22-14-30(39-3)15-23-34)35-24-16-31(40-4)17-25-35/h5-25,36H,26H2,1-4H3. The summed E-state index contributed by atoms with van der Waals surface area (Å²) in [5, 5.41) is 5.25. The quantitative estimate of drug-likeness (QED) is 0.145. The second-order valence-electron chi connectivity index (χ2n) is 9.70. The van der Waals surface area contributed by atoms with Crippen molar-refractivity contribution in [2.45, 2.75) is 5.66 Å². The fourth-order valence-corrected chi connectivity index (χ4v) is 10.9. The highest BCUT2D eigenvalue weighted by Crippen LogP contribution is 2.55. The Labute approximate surface area is 251 Å².